The zero-order valence-corrected chi connectivity index (χ0v) is 32.9. The van der Waals surface area contributed by atoms with Crippen LogP contribution in [0.15, 0.2) is 107 Å². The van der Waals surface area contributed by atoms with Gasteiger partial charge in [0.15, 0.2) is 5.60 Å². The van der Waals surface area contributed by atoms with Crippen LogP contribution >= 0.6 is 0 Å². The number of non-ortho nitro benzene ring substituents is 1. The van der Waals surface area contributed by atoms with Gasteiger partial charge in [-0.2, -0.15) is 0 Å². The van der Waals surface area contributed by atoms with Crippen molar-refractivity contribution in [3.8, 4) is 0 Å². The Morgan fingerprint density at radius 1 is 0.849 bits per heavy atom. The van der Waals surface area contributed by atoms with Crippen LogP contribution in [0.1, 0.15) is 89.8 Å². The van der Waals surface area contributed by atoms with E-state index in [1.54, 1.807) is 39.8 Å². The number of hydrogen-bond acceptors (Lipinski definition) is 8. The number of nitrogens with zero attached hydrogens (tertiary/aromatic N) is 1. The van der Waals surface area contributed by atoms with Crippen LogP contribution in [0.4, 0.5) is 5.69 Å². The lowest BCUT2D eigenvalue weighted by Gasteiger charge is -2.34. The average Bonchev–Trinajstić information content (AvgIpc) is 3.08. The Kier molecular flexibility index (Phi) is 15.4. The highest BCUT2D eigenvalue weighted by atomic mass is 35.5. The smallest absolute Gasteiger partial charge is 0.337 e. The third-order valence-corrected chi connectivity index (χ3v) is 9.14. The molecule has 11 heteroatoms. The van der Waals surface area contributed by atoms with Crippen LogP contribution in [0.2, 0.25) is 0 Å². The van der Waals surface area contributed by atoms with Crippen molar-refractivity contribution < 1.29 is 46.0 Å². The topological polar surface area (TPSA) is 121 Å². The van der Waals surface area contributed by atoms with E-state index in [1.807, 2.05) is 32.9 Å². The molecule has 4 rings (SSSR count). The first kappa shape index (κ1) is 42.9. The maximum Gasteiger partial charge on any atom is 0.337 e. The number of halogens is 1. The van der Waals surface area contributed by atoms with E-state index in [0.717, 1.165) is 19.4 Å². The van der Waals surface area contributed by atoms with Crippen LogP contribution in [0.3, 0.4) is 0 Å². The molecule has 0 amide bonds. The summed E-state index contributed by atoms with van der Waals surface area (Å²) in [5, 5.41) is 15.0. The summed E-state index contributed by atoms with van der Waals surface area (Å²) < 4.78 is 17.9. The van der Waals surface area contributed by atoms with Crippen molar-refractivity contribution in [2.75, 3.05) is 33.4 Å². The van der Waals surface area contributed by atoms with Gasteiger partial charge in [-0.25, -0.2) is 9.59 Å². The van der Waals surface area contributed by atoms with Gasteiger partial charge in [0.2, 0.25) is 0 Å². The second kappa shape index (κ2) is 19.0. The van der Waals surface area contributed by atoms with Gasteiger partial charge in [-0.05, 0) is 64.7 Å². The monoisotopic (exact) mass is 747 g/mol. The lowest BCUT2D eigenvalue weighted by Crippen LogP contribution is -3.11. The first-order chi connectivity index (χ1) is 24.6. The molecule has 0 spiro atoms. The lowest BCUT2D eigenvalue weighted by molar-refractivity contribution is -0.886. The van der Waals surface area contributed by atoms with Gasteiger partial charge in [-0.15, -0.1) is 0 Å². The number of carbonyl (C=O) groups excluding carboxylic acids is 2. The molecule has 0 saturated heterocycles. The Morgan fingerprint density at radius 2 is 1.38 bits per heavy atom. The second-order valence-electron chi connectivity index (χ2n) is 14.9. The number of dihydropyridines is 1. The van der Waals surface area contributed by atoms with Gasteiger partial charge in [0.05, 0.1) is 42.2 Å². The number of nitrogens with one attached hydrogen (secondary N) is 2. The quantitative estimate of drug-likeness (QED) is 0.0931. The largest absolute Gasteiger partial charge is 1.00 e. The number of nitro benzene ring substituents is 1. The van der Waals surface area contributed by atoms with Crippen molar-refractivity contribution in [3.63, 3.8) is 0 Å². The zero-order chi connectivity index (χ0) is 38.1. The van der Waals surface area contributed by atoms with E-state index >= 15 is 0 Å². The minimum absolute atomic E-state index is 0. The summed E-state index contributed by atoms with van der Waals surface area (Å²) in [5.41, 5.74) is 2.22. The molecule has 1 aliphatic heterocycles. The van der Waals surface area contributed by atoms with Gasteiger partial charge >= 0.3 is 11.9 Å². The van der Waals surface area contributed by atoms with Gasteiger partial charge in [0.25, 0.3) is 5.69 Å². The molecule has 3 aromatic rings. The molecule has 1 heterocycles. The van der Waals surface area contributed by atoms with Crippen LogP contribution in [-0.4, -0.2) is 61.4 Å². The highest BCUT2D eigenvalue weighted by Crippen LogP contribution is 2.41. The van der Waals surface area contributed by atoms with Crippen LogP contribution in [0, 0.1) is 10.1 Å². The summed E-state index contributed by atoms with van der Waals surface area (Å²) in [4.78, 5) is 40.8. The molecule has 0 bridgehead atoms. The molecule has 2 N–H and O–H groups in total. The molecule has 286 valence electrons. The number of likely N-dealkylation sites (N-methyl/N-ethyl adjacent to an activating group) is 1. The van der Waals surface area contributed by atoms with Crippen molar-refractivity contribution in [3.05, 3.63) is 134 Å². The number of ether oxygens (including phenoxy) is 3. The van der Waals surface area contributed by atoms with Gasteiger partial charge < -0.3 is 36.8 Å². The lowest BCUT2D eigenvalue weighted by atomic mass is 9.80. The van der Waals surface area contributed by atoms with Crippen molar-refractivity contribution in [2.24, 2.45) is 0 Å². The van der Waals surface area contributed by atoms with Gasteiger partial charge in [-0.1, -0.05) is 79.7 Å². The van der Waals surface area contributed by atoms with Crippen molar-refractivity contribution in [1.29, 1.82) is 0 Å². The molecule has 2 atom stereocenters. The van der Waals surface area contributed by atoms with E-state index in [9.17, 15) is 19.7 Å². The molecule has 0 aromatic heterocycles. The normalized spacial score (nSPS) is 15.4. The third kappa shape index (κ3) is 11.7. The maximum atomic E-state index is 14.3. The molecule has 2 unspecified atom stereocenters. The molecule has 0 fully saturated rings. The Bertz CT molecular complexity index is 1730. The molecule has 0 radical (unpaired) electrons. The predicted molar refractivity (Wildman–Crippen MR) is 202 cm³/mol. The minimum Gasteiger partial charge on any atom is -1.00 e. The Labute approximate surface area is 320 Å². The molecule has 10 nitrogen and oxygen atoms in total. The van der Waals surface area contributed by atoms with E-state index < -0.39 is 34.0 Å². The molecule has 1 aliphatic rings. The summed E-state index contributed by atoms with van der Waals surface area (Å²) in [5.74, 6) is -2.03. The summed E-state index contributed by atoms with van der Waals surface area (Å²) >= 11 is 0. The first-order valence-electron chi connectivity index (χ1n) is 18.0. The minimum atomic E-state index is -0.980. The molecular formula is C42H54ClN3O7. The van der Waals surface area contributed by atoms with Gasteiger partial charge in [0.1, 0.15) is 12.1 Å². The SMILES string of the molecule is CCCOCC(C)(C)OC(=O)C1=C(C)NC(C)=C(C(=O)OC(C)(C)C[NH+](C)CCC(c2ccccc2)c2ccccc2)C1c1cccc([N+](=O)[O-])c1.[Cl-]. The predicted octanol–water partition coefficient (Wildman–Crippen LogP) is 3.64. The number of allylic oxidation sites excluding steroid dienone is 2. The van der Waals surface area contributed by atoms with Crippen LogP contribution in [0.25, 0.3) is 0 Å². The van der Waals surface area contributed by atoms with Crippen molar-refractivity contribution in [1.82, 2.24) is 5.32 Å². The molecular weight excluding hydrogens is 694 g/mol. The maximum absolute atomic E-state index is 14.3. The summed E-state index contributed by atoms with van der Waals surface area (Å²) in [7, 11) is 2.09. The van der Waals surface area contributed by atoms with E-state index in [4.69, 9.17) is 14.2 Å². The summed E-state index contributed by atoms with van der Waals surface area (Å²) in [6, 6.07) is 26.9. The number of benzene rings is 3. The Balaban J connectivity index is 0.00000756. The molecule has 53 heavy (non-hydrogen) atoms. The number of carbonyl (C=O) groups is 2. The van der Waals surface area contributed by atoms with Crippen LogP contribution < -0.4 is 22.6 Å². The zero-order valence-electron chi connectivity index (χ0n) is 32.2. The fourth-order valence-corrected chi connectivity index (χ4v) is 6.93. The van der Waals surface area contributed by atoms with Crippen molar-refractivity contribution in [2.45, 2.75) is 84.3 Å². The Morgan fingerprint density at radius 3 is 1.89 bits per heavy atom. The van der Waals surface area contributed by atoms with E-state index in [-0.39, 0.29) is 41.8 Å². The number of rotatable bonds is 17. The highest BCUT2D eigenvalue weighted by Gasteiger charge is 2.42. The van der Waals surface area contributed by atoms with Crippen LogP contribution in [0.5, 0.6) is 0 Å². The number of esters is 2. The molecule has 0 aliphatic carbocycles. The number of quaternary nitrogens is 1. The first-order valence-corrected chi connectivity index (χ1v) is 18.0. The molecule has 3 aromatic carbocycles. The van der Waals surface area contributed by atoms with Gasteiger partial charge in [-0.3, -0.25) is 10.1 Å². The number of hydrogen-bond donors (Lipinski definition) is 2. The van der Waals surface area contributed by atoms with E-state index in [2.05, 4.69) is 60.9 Å². The number of nitro groups is 1. The third-order valence-electron chi connectivity index (χ3n) is 9.14. The average molecular weight is 748 g/mol. The second-order valence-corrected chi connectivity index (χ2v) is 14.9. The fraction of sp³-hybridized carbons (Fsp3) is 0.429. The van der Waals surface area contributed by atoms with Gasteiger partial charge in [0, 0.05) is 42.5 Å². The fourth-order valence-electron chi connectivity index (χ4n) is 6.93. The Hall–Kier alpha value is -4.51. The summed E-state index contributed by atoms with van der Waals surface area (Å²) in [6.07, 6.45) is 1.71. The summed E-state index contributed by atoms with van der Waals surface area (Å²) in [6.45, 7) is 14.8. The van der Waals surface area contributed by atoms with E-state index in [1.165, 1.54) is 28.2 Å². The highest BCUT2D eigenvalue weighted by molar-refractivity contribution is 6.00. The standard InChI is InChI=1S/C42H53N3O7.ClH/c1-9-25-50-28-42(6,7)52-40(47)37-30(3)43-29(2)36(38(37)33-21-16-22-34(26-33)45(48)49)39(46)51-41(4,5)27-44(8)24-23-35(31-17-12-10-13-18-31)32-19-14-11-15-20-32;/h10-22,26,35,38,43H,9,23-25,27-28H2,1-8H3;1H. The van der Waals surface area contributed by atoms with E-state index in [0.29, 0.717) is 30.1 Å². The van der Waals surface area contributed by atoms with Crippen molar-refractivity contribution >= 4 is 17.6 Å². The van der Waals surface area contributed by atoms with Crippen LogP contribution in [-0.2, 0) is 23.8 Å². The molecule has 0 saturated carbocycles.